The minimum atomic E-state index is 0. The van der Waals surface area contributed by atoms with E-state index >= 15 is 0 Å². The first-order chi connectivity index (χ1) is 2.41. The highest BCUT2D eigenvalue weighted by molar-refractivity contribution is 14.0. The van der Waals surface area contributed by atoms with Gasteiger partial charge in [-0.2, -0.15) is 0 Å². The number of hydrogen-bond acceptors (Lipinski definition) is 2. The van der Waals surface area contributed by atoms with E-state index in [0.29, 0.717) is 13.2 Å². The topological polar surface area (TPSA) is 35.2 Å². The van der Waals surface area contributed by atoms with Crippen molar-refractivity contribution >= 4 is 24.0 Å². The first-order valence-corrected chi connectivity index (χ1v) is 1.61. The highest BCUT2D eigenvalue weighted by Crippen LogP contribution is 1.53. The van der Waals surface area contributed by atoms with Crippen molar-refractivity contribution in [3.8, 4) is 0 Å². The summed E-state index contributed by atoms with van der Waals surface area (Å²) in [5.74, 6) is 0. The molecule has 0 aliphatic rings. The Morgan fingerprint density at radius 3 is 2.17 bits per heavy atom. The summed E-state index contributed by atoms with van der Waals surface area (Å²) >= 11 is 0. The Balaban J connectivity index is 0. The van der Waals surface area contributed by atoms with Gasteiger partial charge >= 0.3 is 0 Å². The van der Waals surface area contributed by atoms with Gasteiger partial charge in [0.2, 0.25) is 0 Å². The van der Waals surface area contributed by atoms with Gasteiger partial charge in [-0.3, -0.25) is 0 Å². The molecule has 0 aromatic heterocycles. The molecule has 0 bridgehead atoms. The van der Waals surface area contributed by atoms with Crippen molar-refractivity contribution in [2.45, 2.75) is 0 Å². The standard InChI is InChI=1S/C3H9NO.HI/c1-5-3-2-4;/h2-4H2,1H3;1H. The minimum Gasteiger partial charge on any atom is -0.383 e. The number of methoxy groups -OCH3 is 1. The van der Waals surface area contributed by atoms with Gasteiger partial charge in [-0.05, 0) is 0 Å². The van der Waals surface area contributed by atoms with E-state index in [4.69, 9.17) is 5.73 Å². The fraction of sp³-hybridized carbons (Fsp3) is 1.00. The second kappa shape index (κ2) is 9.17. The molecule has 0 saturated carbocycles. The number of halogens is 1. The first kappa shape index (κ1) is 9.82. The maximum absolute atomic E-state index is 5.01. The lowest BCUT2D eigenvalue weighted by Gasteiger charge is -1.85. The molecule has 0 atom stereocenters. The predicted octanol–water partition coefficient (Wildman–Crippen LogP) is 0.210. The van der Waals surface area contributed by atoms with E-state index in [0.717, 1.165) is 0 Å². The van der Waals surface area contributed by atoms with Crippen LogP contribution in [0, 0.1) is 0 Å². The van der Waals surface area contributed by atoms with Crippen LogP contribution < -0.4 is 5.73 Å². The molecular formula is C3H10INO. The molecule has 0 saturated heterocycles. The molecule has 6 heavy (non-hydrogen) atoms. The fourth-order valence-electron chi connectivity index (χ4n) is 0.118. The number of nitrogens with two attached hydrogens (primary N) is 1. The van der Waals surface area contributed by atoms with Crippen molar-refractivity contribution in [1.29, 1.82) is 0 Å². The third-order valence-electron chi connectivity index (χ3n) is 0.322. The zero-order chi connectivity index (χ0) is 4.12. The third kappa shape index (κ3) is 8.82. The maximum atomic E-state index is 5.01. The Morgan fingerprint density at radius 1 is 1.67 bits per heavy atom. The molecule has 0 aliphatic carbocycles. The Bertz CT molecular complexity index is 18.3. The summed E-state index contributed by atoms with van der Waals surface area (Å²) < 4.78 is 4.57. The van der Waals surface area contributed by atoms with Crippen LogP contribution in [-0.2, 0) is 4.74 Å². The van der Waals surface area contributed by atoms with Gasteiger partial charge in [-0.15, -0.1) is 24.0 Å². The van der Waals surface area contributed by atoms with Gasteiger partial charge in [0.15, 0.2) is 0 Å². The van der Waals surface area contributed by atoms with Crippen LogP contribution in [0.2, 0.25) is 0 Å². The van der Waals surface area contributed by atoms with E-state index in [9.17, 15) is 0 Å². The van der Waals surface area contributed by atoms with Gasteiger partial charge in [0.05, 0.1) is 6.61 Å². The molecule has 0 amide bonds. The Kier molecular flexibility index (Phi) is 15.0. The lowest BCUT2D eigenvalue weighted by atomic mass is 10.7. The minimum absolute atomic E-state index is 0. The smallest absolute Gasteiger partial charge is 0.0584 e. The highest BCUT2D eigenvalue weighted by Gasteiger charge is 1.65. The number of hydrogen-bond donors (Lipinski definition) is 1. The molecule has 0 rings (SSSR count). The van der Waals surface area contributed by atoms with Crippen molar-refractivity contribution in [3.63, 3.8) is 0 Å². The van der Waals surface area contributed by atoms with Crippen LogP contribution in [-0.4, -0.2) is 20.3 Å². The van der Waals surface area contributed by atoms with Crippen molar-refractivity contribution < 1.29 is 4.74 Å². The van der Waals surface area contributed by atoms with Gasteiger partial charge in [0.1, 0.15) is 0 Å². The molecule has 0 radical (unpaired) electrons. The zero-order valence-corrected chi connectivity index (χ0v) is 6.14. The maximum Gasteiger partial charge on any atom is 0.0584 e. The van der Waals surface area contributed by atoms with Crippen LogP contribution in [0.5, 0.6) is 0 Å². The van der Waals surface area contributed by atoms with E-state index in [-0.39, 0.29) is 24.0 Å². The van der Waals surface area contributed by atoms with Crippen molar-refractivity contribution in [2.75, 3.05) is 20.3 Å². The summed E-state index contributed by atoms with van der Waals surface area (Å²) in [6, 6.07) is 0. The summed E-state index contributed by atoms with van der Waals surface area (Å²) in [4.78, 5) is 0. The number of ether oxygens (including phenoxy) is 1. The van der Waals surface area contributed by atoms with Crippen molar-refractivity contribution in [3.05, 3.63) is 0 Å². The van der Waals surface area contributed by atoms with E-state index in [1.807, 2.05) is 0 Å². The molecule has 2 N–H and O–H groups in total. The van der Waals surface area contributed by atoms with Gasteiger partial charge in [0.25, 0.3) is 0 Å². The molecule has 0 aromatic rings. The van der Waals surface area contributed by atoms with Crippen molar-refractivity contribution in [1.82, 2.24) is 0 Å². The first-order valence-electron chi connectivity index (χ1n) is 1.61. The van der Waals surface area contributed by atoms with Gasteiger partial charge in [-0.1, -0.05) is 0 Å². The average molecular weight is 203 g/mol. The molecule has 40 valence electrons. The number of rotatable bonds is 2. The Labute approximate surface area is 55.1 Å². The Hall–Kier alpha value is 0.650. The lowest BCUT2D eigenvalue weighted by molar-refractivity contribution is 0.207. The molecule has 3 heteroatoms. The molecule has 0 unspecified atom stereocenters. The second-order valence-electron chi connectivity index (χ2n) is 0.781. The normalized spacial score (nSPS) is 7.00. The molecular weight excluding hydrogens is 193 g/mol. The van der Waals surface area contributed by atoms with Crippen LogP contribution in [0.3, 0.4) is 0 Å². The highest BCUT2D eigenvalue weighted by atomic mass is 127. The molecule has 0 spiro atoms. The molecule has 0 aromatic carbocycles. The van der Waals surface area contributed by atoms with E-state index < -0.39 is 0 Å². The monoisotopic (exact) mass is 203 g/mol. The Morgan fingerprint density at radius 2 is 2.17 bits per heavy atom. The lowest BCUT2D eigenvalue weighted by Crippen LogP contribution is -2.05. The van der Waals surface area contributed by atoms with Crippen LogP contribution >= 0.6 is 24.0 Å². The van der Waals surface area contributed by atoms with E-state index in [2.05, 4.69) is 4.74 Å². The molecule has 0 aliphatic heterocycles. The fourth-order valence-corrected chi connectivity index (χ4v) is 0.118. The van der Waals surface area contributed by atoms with Crippen LogP contribution in [0.25, 0.3) is 0 Å². The summed E-state index contributed by atoms with van der Waals surface area (Å²) in [6.45, 7) is 1.29. The second-order valence-corrected chi connectivity index (χ2v) is 0.781. The SMILES string of the molecule is COCCN.I. The third-order valence-corrected chi connectivity index (χ3v) is 0.322. The van der Waals surface area contributed by atoms with Gasteiger partial charge in [0, 0.05) is 13.7 Å². The summed E-state index contributed by atoms with van der Waals surface area (Å²) in [5.41, 5.74) is 5.01. The average Bonchev–Trinajstić information content (AvgIpc) is 1.41. The predicted molar refractivity (Wildman–Crippen MR) is 36.3 cm³/mol. The quantitative estimate of drug-likeness (QED) is 0.651. The molecule has 0 heterocycles. The van der Waals surface area contributed by atoms with Crippen LogP contribution in [0.15, 0.2) is 0 Å². The van der Waals surface area contributed by atoms with Gasteiger partial charge in [-0.25, -0.2) is 0 Å². The van der Waals surface area contributed by atoms with Crippen LogP contribution in [0.1, 0.15) is 0 Å². The zero-order valence-electron chi connectivity index (χ0n) is 3.81. The summed E-state index contributed by atoms with van der Waals surface area (Å²) in [5, 5.41) is 0. The van der Waals surface area contributed by atoms with Gasteiger partial charge < -0.3 is 10.5 Å². The summed E-state index contributed by atoms with van der Waals surface area (Å²) in [7, 11) is 1.63. The summed E-state index contributed by atoms with van der Waals surface area (Å²) in [6.07, 6.45) is 0. The van der Waals surface area contributed by atoms with E-state index in [1.165, 1.54) is 0 Å². The molecule has 0 fully saturated rings. The molecule has 2 nitrogen and oxygen atoms in total. The van der Waals surface area contributed by atoms with Crippen LogP contribution in [0.4, 0.5) is 0 Å². The van der Waals surface area contributed by atoms with E-state index in [1.54, 1.807) is 7.11 Å². The van der Waals surface area contributed by atoms with Crippen molar-refractivity contribution in [2.24, 2.45) is 5.73 Å². The largest absolute Gasteiger partial charge is 0.383 e.